The second-order valence-corrected chi connectivity index (χ2v) is 10.1. The molecule has 2 aliphatic rings. The van der Waals surface area contributed by atoms with Crippen LogP contribution in [-0.2, 0) is 14.6 Å². The number of nitrogens with one attached hydrogen (secondary N) is 1. The van der Waals surface area contributed by atoms with Crippen molar-refractivity contribution in [3.8, 4) is 11.4 Å². The quantitative estimate of drug-likeness (QED) is 0.711. The van der Waals surface area contributed by atoms with Gasteiger partial charge in [-0.1, -0.05) is 12.1 Å². The molecule has 7 nitrogen and oxygen atoms in total. The van der Waals surface area contributed by atoms with Crippen molar-refractivity contribution in [2.75, 3.05) is 30.4 Å². The number of aromatic amines is 1. The van der Waals surface area contributed by atoms with Crippen molar-refractivity contribution in [1.29, 1.82) is 0 Å². The summed E-state index contributed by atoms with van der Waals surface area (Å²) in [5.74, 6) is 1.58. The molecule has 1 N–H and O–H groups in total. The maximum atomic E-state index is 12.6. The number of sulfone groups is 1. The number of fused-ring (bicyclic) bond motifs is 1. The summed E-state index contributed by atoms with van der Waals surface area (Å²) >= 11 is 0. The van der Waals surface area contributed by atoms with Gasteiger partial charge in [0.2, 0.25) is 0 Å². The molecule has 152 valence electrons. The van der Waals surface area contributed by atoms with E-state index in [1.54, 1.807) is 0 Å². The summed E-state index contributed by atoms with van der Waals surface area (Å²) in [5, 5.41) is 0.477. The van der Waals surface area contributed by atoms with E-state index in [1.807, 2.05) is 36.5 Å². The van der Waals surface area contributed by atoms with Gasteiger partial charge in [0.25, 0.3) is 0 Å². The van der Waals surface area contributed by atoms with Crippen molar-refractivity contribution in [1.82, 2.24) is 15.0 Å². The topological polar surface area (TPSA) is 88.2 Å². The van der Waals surface area contributed by atoms with E-state index < -0.39 is 15.1 Å². The van der Waals surface area contributed by atoms with Gasteiger partial charge in [-0.3, -0.25) is 0 Å². The van der Waals surface area contributed by atoms with Gasteiger partial charge in [-0.15, -0.1) is 0 Å². The number of hydrogen-bond donors (Lipinski definition) is 1. The van der Waals surface area contributed by atoms with E-state index >= 15 is 0 Å². The number of H-pyrrole nitrogens is 1. The number of rotatable bonds is 3. The Morgan fingerprint density at radius 1 is 1.24 bits per heavy atom. The van der Waals surface area contributed by atoms with E-state index in [0.29, 0.717) is 37.6 Å². The van der Waals surface area contributed by atoms with E-state index in [-0.39, 0.29) is 11.8 Å². The third kappa shape index (κ3) is 3.30. The minimum Gasteiger partial charge on any atom is -0.377 e. The second kappa shape index (κ2) is 7.11. The Kier molecular flexibility index (Phi) is 4.55. The maximum Gasteiger partial charge on any atom is 0.162 e. The Morgan fingerprint density at radius 3 is 2.93 bits per heavy atom. The molecule has 0 aliphatic carbocycles. The number of ether oxygens (including phenoxy) is 1. The molecule has 2 saturated heterocycles. The molecular weight excluding hydrogens is 388 g/mol. The minimum atomic E-state index is -3.17. The Morgan fingerprint density at radius 2 is 2.14 bits per heavy atom. The summed E-state index contributed by atoms with van der Waals surface area (Å²) in [6.45, 7) is 4.08. The van der Waals surface area contributed by atoms with E-state index in [0.717, 1.165) is 28.8 Å². The summed E-state index contributed by atoms with van der Waals surface area (Å²) in [7, 11) is -3.17. The average molecular weight is 413 g/mol. The summed E-state index contributed by atoms with van der Waals surface area (Å²) in [4.78, 5) is 15.1. The molecule has 0 spiro atoms. The Bertz CT molecular complexity index is 1160. The monoisotopic (exact) mass is 412 g/mol. The Balaban J connectivity index is 1.69. The molecule has 0 bridgehead atoms. The molecule has 29 heavy (non-hydrogen) atoms. The van der Waals surface area contributed by atoms with Crippen LogP contribution in [0.4, 0.5) is 5.82 Å². The highest BCUT2D eigenvalue weighted by Gasteiger charge is 2.35. The normalized spacial score (nSPS) is 24.2. The standard InChI is InChI=1S/C21H24N4O3S/c1-14-13-28-10-9-25(14)20-12-18(19-6-3-11-29(19,26)27)23-21(24-20)16-4-2-5-17-15(16)7-8-22-17/h2,4-5,7-8,12,14,19,22H,3,6,9-11,13H2,1H3/t14-,19?/m1/s1. The van der Waals surface area contributed by atoms with Crippen molar-refractivity contribution < 1.29 is 13.2 Å². The lowest BCUT2D eigenvalue weighted by Gasteiger charge is -2.34. The average Bonchev–Trinajstić information content (AvgIpc) is 3.33. The van der Waals surface area contributed by atoms with Crippen molar-refractivity contribution >= 4 is 26.6 Å². The van der Waals surface area contributed by atoms with Crippen LogP contribution in [0, 0.1) is 0 Å². The smallest absolute Gasteiger partial charge is 0.162 e. The molecule has 2 aliphatic heterocycles. The molecule has 0 saturated carbocycles. The predicted octanol–water partition coefficient (Wildman–Crippen LogP) is 3.10. The van der Waals surface area contributed by atoms with E-state index in [1.165, 1.54) is 0 Å². The van der Waals surface area contributed by atoms with Gasteiger partial charge in [-0.2, -0.15) is 0 Å². The van der Waals surface area contributed by atoms with E-state index in [2.05, 4.69) is 16.8 Å². The molecule has 1 aromatic carbocycles. The summed E-state index contributed by atoms with van der Waals surface area (Å²) in [5.41, 5.74) is 2.52. The van der Waals surface area contributed by atoms with Crippen LogP contribution in [0.3, 0.4) is 0 Å². The first kappa shape index (κ1) is 18.6. The summed E-state index contributed by atoms with van der Waals surface area (Å²) in [6.07, 6.45) is 3.19. The van der Waals surface area contributed by atoms with E-state index in [4.69, 9.17) is 14.7 Å². The van der Waals surface area contributed by atoms with Gasteiger partial charge in [-0.25, -0.2) is 18.4 Å². The molecule has 3 aromatic rings. The summed E-state index contributed by atoms with van der Waals surface area (Å²) < 4.78 is 30.8. The molecule has 0 amide bonds. The van der Waals surface area contributed by atoms with Crippen LogP contribution in [0.2, 0.25) is 0 Å². The van der Waals surface area contributed by atoms with Gasteiger partial charge in [0.05, 0.1) is 30.7 Å². The number of benzene rings is 1. The van der Waals surface area contributed by atoms with Gasteiger partial charge in [0.1, 0.15) is 11.1 Å². The van der Waals surface area contributed by atoms with Crippen LogP contribution < -0.4 is 4.90 Å². The number of morpholine rings is 1. The largest absolute Gasteiger partial charge is 0.377 e. The zero-order valence-electron chi connectivity index (χ0n) is 16.3. The van der Waals surface area contributed by atoms with Gasteiger partial charge in [0, 0.05) is 35.3 Å². The Hall–Kier alpha value is -2.45. The highest BCUT2D eigenvalue weighted by molar-refractivity contribution is 7.91. The molecule has 2 atom stereocenters. The lowest BCUT2D eigenvalue weighted by Crippen LogP contribution is -2.44. The van der Waals surface area contributed by atoms with Gasteiger partial charge < -0.3 is 14.6 Å². The fourth-order valence-electron chi connectivity index (χ4n) is 4.36. The number of aromatic nitrogens is 3. The summed E-state index contributed by atoms with van der Waals surface area (Å²) in [6, 6.07) is 10.0. The van der Waals surface area contributed by atoms with E-state index in [9.17, 15) is 8.42 Å². The van der Waals surface area contributed by atoms with Gasteiger partial charge in [-0.05, 0) is 31.9 Å². The van der Waals surface area contributed by atoms with Crippen LogP contribution in [0.1, 0.15) is 30.7 Å². The van der Waals surface area contributed by atoms with Crippen molar-refractivity contribution in [3.63, 3.8) is 0 Å². The van der Waals surface area contributed by atoms with Gasteiger partial charge >= 0.3 is 0 Å². The Labute approximate surface area is 170 Å². The first-order valence-electron chi connectivity index (χ1n) is 10.0. The number of hydrogen-bond acceptors (Lipinski definition) is 6. The van der Waals surface area contributed by atoms with Crippen molar-refractivity contribution in [2.24, 2.45) is 0 Å². The van der Waals surface area contributed by atoms with Crippen LogP contribution in [0.25, 0.3) is 22.3 Å². The highest BCUT2D eigenvalue weighted by atomic mass is 32.2. The molecular formula is C21H24N4O3S. The number of nitrogens with zero attached hydrogens (tertiary/aromatic N) is 3. The highest BCUT2D eigenvalue weighted by Crippen LogP contribution is 2.37. The maximum absolute atomic E-state index is 12.6. The predicted molar refractivity (Wildman–Crippen MR) is 113 cm³/mol. The SMILES string of the molecule is C[C@@H]1COCCN1c1cc(C2CCCS2(=O)=O)nc(-c2cccc3[nH]ccc23)n1. The fourth-order valence-corrected chi connectivity index (χ4v) is 6.22. The van der Waals surface area contributed by atoms with Crippen LogP contribution in [0.15, 0.2) is 36.5 Å². The zero-order valence-corrected chi connectivity index (χ0v) is 17.2. The van der Waals surface area contributed by atoms with Crippen LogP contribution >= 0.6 is 0 Å². The van der Waals surface area contributed by atoms with Crippen molar-refractivity contribution in [2.45, 2.75) is 31.1 Å². The lowest BCUT2D eigenvalue weighted by molar-refractivity contribution is 0.0985. The van der Waals surface area contributed by atoms with Gasteiger partial charge in [0.15, 0.2) is 15.7 Å². The third-order valence-corrected chi connectivity index (χ3v) is 8.09. The molecule has 5 rings (SSSR count). The fraction of sp³-hybridized carbons (Fsp3) is 0.429. The minimum absolute atomic E-state index is 0.169. The molecule has 1 unspecified atom stereocenters. The van der Waals surface area contributed by atoms with Crippen LogP contribution in [0.5, 0.6) is 0 Å². The number of anilines is 1. The molecule has 0 radical (unpaired) electrons. The first-order valence-corrected chi connectivity index (χ1v) is 11.8. The molecule has 2 fully saturated rings. The lowest BCUT2D eigenvalue weighted by atomic mass is 10.1. The molecule has 2 aromatic heterocycles. The third-order valence-electron chi connectivity index (χ3n) is 5.89. The zero-order chi connectivity index (χ0) is 20.0. The molecule has 8 heteroatoms. The van der Waals surface area contributed by atoms with Crippen molar-refractivity contribution in [3.05, 3.63) is 42.2 Å². The second-order valence-electron chi connectivity index (χ2n) is 7.83. The molecule has 4 heterocycles. The first-order chi connectivity index (χ1) is 14.0. The van der Waals surface area contributed by atoms with Crippen LogP contribution in [-0.4, -0.2) is 54.9 Å².